The third-order valence-electron chi connectivity index (χ3n) is 3.09. The molecule has 0 atom stereocenters. The van der Waals surface area contributed by atoms with Gasteiger partial charge in [-0.25, -0.2) is 0 Å². The zero-order chi connectivity index (χ0) is 16.5. The molecule has 0 saturated heterocycles. The summed E-state index contributed by atoms with van der Waals surface area (Å²) in [5.41, 5.74) is 1.19. The third kappa shape index (κ3) is 5.05. The molecule has 0 aliphatic rings. The van der Waals surface area contributed by atoms with Crippen molar-refractivity contribution < 1.29 is 23.8 Å². The zero-order valence-electron chi connectivity index (χ0n) is 13.7. The lowest BCUT2D eigenvalue weighted by Crippen LogP contribution is -2.10. The van der Waals surface area contributed by atoms with E-state index in [1.165, 1.54) is 7.11 Å². The molecule has 1 heterocycles. The Morgan fingerprint density at radius 3 is 2.09 bits per heavy atom. The predicted molar refractivity (Wildman–Crippen MR) is 79.2 cm³/mol. The average Bonchev–Trinajstić information content (AvgIpc) is 2.79. The van der Waals surface area contributed by atoms with Crippen LogP contribution in [-0.4, -0.2) is 28.6 Å². The molecule has 0 aliphatic heterocycles. The number of nitrogens with zero attached hydrogens (tertiary/aromatic N) is 2. The fourth-order valence-corrected chi connectivity index (χ4v) is 1.89. The summed E-state index contributed by atoms with van der Waals surface area (Å²) < 4.78 is 17.2. The highest BCUT2D eigenvalue weighted by atomic mass is 16.5. The lowest BCUT2D eigenvalue weighted by Gasteiger charge is -2.08. The van der Waals surface area contributed by atoms with Gasteiger partial charge in [0, 0.05) is 19.9 Å². The molecule has 0 spiro atoms. The van der Waals surface area contributed by atoms with Crippen molar-refractivity contribution in [2.45, 2.75) is 52.7 Å². The first-order valence-electron chi connectivity index (χ1n) is 7.43. The molecule has 0 amide bonds. The third-order valence-corrected chi connectivity index (χ3v) is 3.09. The van der Waals surface area contributed by atoms with Crippen LogP contribution in [0.4, 0.5) is 0 Å². The number of carbonyl (C=O) groups excluding carboxylic acids is 2. The second kappa shape index (κ2) is 9.07. The van der Waals surface area contributed by atoms with Gasteiger partial charge < -0.3 is 14.2 Å². The van der Waals surface area contributed by atoms with Crippen molar-refractivity contribution in [1.82, 2.24) is 9.55 Å². The summed E-state index contributed by atoms with van der Waals surface area (Å²) in [5.74, 6) is -0.544. The Kier molecular flexibility index (Phi) is 7.42. The fraction of sp³-hybridized carbons (Fsp3) is 0.667. The quantitative estimate of drug-likeness (QED) is 0.650. The van der Waals surface area contributed by atoms with E-state index < -0.39 is 0 Å². The van der Waals surface area contributed by atoms with Crippen LogP contribution in [0.15, 0.2) is 0 Å². The Hall–Kier alpha value is -2.05. The molecule has 1 aromatic heterocycles. The Balaban J connectivity index is 2.77. The maximum Gasteiger partial charge on any atom is 0.306 e. The van der Waals surface area contributed by atoms with Gasteiger partial charge in [-0.15, -0.1) is 0 Å². The number of ether oxygens (including phenoxy) is 3. The number of aromatic nitrogens is 2. The summed E-state index contributed by atoms with van der Waals surface area (Å²) in [4.78, 5) is 27.2. The molecule has 0 aromatic carbocycles. The minimum Gasteiger partial charge on any atom is -0.468 e. The maximum absolute atomic E-state index is 11.5. The topological polar surface area (TPSA) is 79.7 Å². The molecular weight excluding hydrogens is 288 g/mol. The number of esters is 2. The van der Waals surface area contributed by atoms with E-state index in [2.05, 4.69) is 4.98 Å². The van der Waals surface area contributed by atoms with Crippen LogP contribution < -0.4 is 4.74 Å². The van der Waals surface area contributed by atoms with Gasteiger partial charge in [0.15, 0.2) is 0 Å². The van der Waals surface area contributed by atoms with Crippen molar-refractivity contribution >= 4 is 11.9 Å². The number of hydrogen-bond acceptors (Lipinski definition) is 6. The summed E-state index contributed by atoms with van der Waals surface area (Å²) in [6.45, 7) is 3.93. The van der Waals surface area contributed by atoms with E-state index in [1.807, 2.05) is 13.8 Å². The van der Waals surface area contributed by atoms with Crippen molar-refractivity contribution in [1.29, 1.82) is 0 Å². The molecule has 1 aromatic rings. The molecule has 0 saturated carbocycles. The second-order valence-electron chi connectivity index (χ2n) is 4.87. The summed E-state index contributed by atoms with van der Waals surface area (Å²) in [5, 5.41) is 0. The minimum atomic E-state index is -0.277. The Morgan fingerprint density at radius 2 is 1.59 bits per heavy atom. The van der Waals surface area contributed by atoms with Crippen LogP contribution in [0.3, 0.4) is 0 Å². The van der Waals surface area contributed by atoms with Gasteiger partial charge in [0.2, 0.25) is 0 Å². The van der Waals surface area contributed by atoms with Gasteiger partial charge in [0.25, 0.3) is 6.01 Å². The van der Waals surface area contributed by atoms with Crippen LogP contribution in [0.5, 0.6) is 6.01 Å². The molecule has 7 heteroatoms. The summed E-state index contributed by atoms with van der Waals surface area (Å²) in [7, 11) is 3.26. The molecule has 124 valence electrons. The standard InChI is InChI=1S/C15H24N2O5/c1-5-7-13(18)21-9-11-12(10-22-14(19)8-6-2)17(3)15(16-11)20-4/h5-10H2,1-4H3. The maximum atomic E-state index is 11.5. The fourth-order valence-electron chi connectivity index (χ4n) is 1.89. The number of hydrogen-bond donors (Lipinski definition) is 0. The van der Waals surface area contributed by atoms with Gasteiger partial charge in [-0.2, -0.15) is 4.98 Å². The lowest BCUT2D eigenvalue weighted by molar-refractivity contribution is -0.146. The average molecular weight is 312 g/mol. The van der Waals surface area contributed by atoms with E-state index in [1.54, 1.807) is 11.6 Å². The zero-order valence-corrected chi connectivity index (χ0v) is 13.7. The molecule has 7 nitrogen and oxygen atoms in total. The molecule has 0 N–H and O–H groups in total. The molecular formula is C15H24N2O5. The van der Waals surface area contributed by atoms with Crippen LogP contribution in [0.1, 0.15) is 50.9 Å². The van der Waals surface area contributed by atoms with Gasteiger partial charge in [-0.3, -0.25) is 14.2 Å². The van der Waals surface area contributed by atoms with Crippen molar-refractivity contribution in [3.05, 3.63) is 11.4 Å². The Morgan fingerprint density at radius 1 is 1.05 bits per heavy atom. The van der Waals surface area contributed by atoms with Crippen LogP contribution in [0.2, 0.25) is 0 Å². The minimum absolute atomic E-state index is 0.0384. The molecule has 22 heavy (non-hydrogen) atoms. The first kappa shape index (κ1) is 18.0. The molecule has 0 radical (unpaired) electrons. The molecule has 0 unspecified atom stereocenters. The monoisotopic (exact) mass is 312 g/mol. The lowest BCUT2D eigenvalue weighted by atomic mass is 10.3. The van der Waals surface area contributed by atoms with Crippen molar-refractivity contribution in [2.24, 2.45) is 7.05 Å². The molecule has 0 bridgehead atoms. The highest BCUT2D eigenvalue weighted by molar-refractivity contribution is 5.69. The van der Waals surface area contributed by atoms with Crippen LogP contribution in [-0.2, 0) is 39.3 Å². The SMILES string of the molecule is CCCC(=O)OCc1nc(OC)n(C)c1COC(=O)CCC. The van der Waals surface area contributed by atoms with Gasteiger partial charge in [0.1, 0.15) is 18.9 Å². The van der Waals surface area contributed by atoms with Crippen molar-refractivity contribution in [2.75, 3.05) is 7.11 Å². The predicted octanol–water partition coefficient (Wildman–Crippen LogP) is 2.12. The number of carbonyl (C=O) groups is 2. The number of rotatable bonds is 9. The van der Waals surface area contributed by atoms with Crippen LogP contribution in [0, 0.1) is 0 Å². The van der Waals surface area contributed by atoms with Gasteiger partial charge >= 0.3 is 11.9 Å². The van der Waals surface area contributed by atoms with E-state index in [-0.39, 0.29) is 25.2 Å². The van der Waals surface area contributed by atoms with E-state index >= 15 is 0 Å². The van der Waals surface area contributed by atoms with E-state index in [0.29, 0.717) is 30.2 Å². The van der Waals surface area contributed by atoms with Gasteiger partial charge in [0.05, 0.1) is 12.8 Å². The summed E-state index contributed by atoms with van der Waals surface area (Å²) >= 11 is 0. The number of methoxy groups -OCH3 is 1. The van der Waals surface area contributed by atoms with Crippen molar-refractivity contribution in [3.63, 3.8) is 0 Å². The van der Waals surface area contributed by atoms with E-state index in [9.17, 15) is 9.59 Å². The van der Waals surface area contributed by atoms with E-state index in [0.717, 1.165) is 12.8 Å². The smallest absolute Gasteiger partial charge is 0.306 e. The highest BCUT2D eigenvalue weighted by Gasteiger charge is 2.18. The normalized spacial score (nSPS) is 10.4. The Labute approximate surface area is 130 Å². The van der Waals surface area contributed by atoms with Gasteiger partial charge in [-0.05, 0) is 12.8 Å². The van der Waals surface area contributed by atoms with Gasteiger partial charge in [-0.1, -0.05) is 13.8 Å². The summed E-state index contributed by atoms with van der Waals surface area (Å²) in [6, 6.07) is 0.378. The second-order valence-corrected chi connectivity index (χ2v) is 4.87. The van der Waals surface area contributed by atoms with Crippen LogP contribution >= 0.6 is 0 Å². The summed E-state index contributed by atoms with van der Waals surface area (Å²) in [6.07, 6.45) is 2.20. The number of imidazole rings is 1. The van der Waals surface area contributed by atoms with E-state index in [4.69, 9.17) is 14.2 Å². The molecule has 0 aliphatic carbocycles. The molecule has 1 rings (SSSR count). The van der Waals surface area contributed by atoms with Crippen LogP contribution in [0.25, 0.3) is 0 Å². The first-order valence-corrected chi connectivity index (χ1v) is 7.43. The highest BCUT2D eigenvalue weighted by Crippen LogP contribution is 2.19. The first-order chi connectivity index (χ1) is 10.5. The Bertz CT molecular complexity index is 510. The molecule has 0 fully saturated rings. The largest absolute Gasteiger partial charge is 0.468 e. The van der Waals surface area contributed by atoms with Crippen molar-refractivity contribution in [3.8, 4) is 6.01 Å².